The van der Waals surface area contributed by atoms with Crippen molar-refractivity contribution in [3.05, 3.63) is 36.5 Å². The molecule has 0 aliphatic heterocycles. The number of allylic oxidation sites excluding steroid dienone is 6. The lowest BCUT2D eigenvalue weighted by molar-refractivity contribution is -0.873. The van der Waals surface area contributed by atoms with Crippen LogP contribution < -0.4 is 0 Å². The van der Waals surface area contributed by atoms with Crippen LogP contribution in [0.15, 0.2) is 36.5 Å². The maximum absolute atomic E-state index is 11.9. The van der Waals surface area contributed by atoms with Gasteiger partial charge in [-0.05, 0) is 32.1 Å². The van der Waals surface area contributed by atoms with Crippen molar-refractivity contribution < 1.29 is 23.9 Å². The highest BCUT2D eigenvalue weighted by Gasteiger charge is 2.24. The fourth-order valence-corrected chi connectivity index (χ4v) is 2.69. The molecule has 0 aliphatic carbocycles. The summed E-state index contributed by atoms with van der Waals surface area (Å²) in [4.78, 5) is 22.9. The predicted molar refractivity (Wildman–Crippen MR) is 115 cm³/mol. The number of carbonyl (C=O) groups excluding carboxylic acids is 1. The molecule has 0 bridgehead atoms. The molecule has 1 atom stereocenters. The minimum Gasteiger partial charge on any atom is -0.481 e. The highest BCUT2D eigenvalue weighted by atomic mass is 16.5. The summed E-state index contributed by atoms with van der Waals surface area (Å²) in [6.07, 6.45) is 19.7. The second-order valence-corrected chi connectivity index (χ2v) is 8.10. The number of rotatable bonds is 16. The number of hydrogen-bond acceptors (Lipinski definition) is 3. The summed E-state index contributed by atoms with van der Waals surface area (Å²) in [5.41, 5.74) is 0. The van der Waals surface area contributed by atoms with Gasteiger partial charge in [-0.1, -0.05) is 56.2 Å². The first kappa shape index (κ1) is 26.1. The lowest BCUT2D eigenvalue weighted by Crippen LogP contribution is -2.43. The van der Waals surface area contributed by atoms with E-state index in [-0.39, 0.29) is 18.8 Å². The number of carboxylic acid groups (broad SMARTS) is 1. The van der Waals surface area contributed by atoms with Gasteiger partial charge in [0.1, 0.15) is 6.54 Å². The Morgan fingerprint density at radius 3 is 2.04 bits per heavy atom. The highest BCUT2D eigenvalue weighted by Crippen LogP contribution is 2.08. The second-order valence-electron chi connectivity index (χ2n) is 8.10. The number of likely N-dealkylation sites (N-methyl/N-ethyl adjacent to an activating group) is 1. The van der Waals surface area contributed by atoms with Gasteiger partial charge in [-0.15, -0.1) is 0 Å². The van der Waals surface area contributed by atoms with Gasteiger partial charge >= 0.3 is 11.9 Å². The van der Waals surface area contributed by atoms with Crippen LogP contribution in [0.2, 0.25) is 0 Å². The van der Waals surface area contributed by atoms with E-state index in [1.807, 2.05) is 33.3 Å². The highest BCUT2D eigenvalue weighted by molar-refractivity contribution is 5.71. The zero-order chi connectivity index (χ0) is 21.3. The molecule has 0 spiro atoms. The number of unbranched alkanes of at least 4 members (excludes halogenated alkanes) is 3. The first-order valence-electron chi connectivity index (χ1n) is 10.4. The van der Waals surface area contributed by atoms with Crippen molar-refractivity contribution in [3.63, 3.8) is 0 Å². The van der Waals surface area contributed by atoms with E-state index in [1.54, 1.807) is 0 Å². The van der Waals surface area contributed by atoms with Crippen LogP contribution in [-0.2, 0) is 14.3 Å². The third-order valence-electron chi connectivity index (χ3n) is 3.99. The summed E-state index contributed by atoms with van der Waals surface area (Å²) >= 11 is 0. The third-order valence-corrected chi connectivity index (χ3v) is 3.99. The van der Waals surface area contributed by atoms with E-state index < -0.39 is 12.1 Å². The van der Waals surface area contributed by atoms with Crippen LogP contribution in [-0.4, -0.2) is 55.3 Å². The van der Waals surface area contributed by atoms with E-state index in [1.165, 1.54) is 25.7 Å². The first-order chi connectivity index (χ1) is 13.2. The van der Waals surface area contributed by atoms with Crippen LogP contribution >= 0.6 is 0 Å². The zero-order valence-corrected chi connectivity index (χ0v) is 18.2. The normalized spacial score (nSPS) is 13.6. The Morgan fingerprint density at radius 2 is 1.50 bits per heavy atom. The quantitative estimate of drug-likeness (QED) is 0.175. The third kappa shape index (κ3) is 18.9. The molecule has 0 heterocycles. The minimum absolute atomic E-state index is 0.158. The summed E-state index contributed by atoms with van der Waals surface area (Å²) in [5, 5.41) is 8.97. The Morgan fingerprint density at radius 1 is 0.929 bits per heavy atom. The smallest absolute Gasteiger partial charge is 0.307 e. The molecule has 0 aromatic rings. The number of aliphatic carboxylic acids is 1. The molecule has 0 saturated carbocycles. The number of carbonyl (C=O) groups is 2. The standard InChI is InChI=1S/C23H39NO4/c1-5-6-7-8-9-10-11-12-13-14-15-16-17-18-23(27)28-21(19-22(25)26)20-24(2,3)4/h9-10,12-13,15-16,21H,5-8,11,14,17-20H2,1-4H3/p+1/b10-9-,13-12-,16-15-/t21-/m1/s1. The molecule has 5 heteroatoms. The summed E-state index contributed by atoms with van der Waals surface area (Å²) in [7, 11) is 5.84. The first-order valence-corrected chi connectivity index (χ1v) is 10.4. The van der Waals surface area contributed by atoms with E-state index in [4.69, 9.17) is 9.84 Å². The Labute approximate surface area is 171 Å². The topological polar surface area (TPSA) is 63.6 Å². The molecule has 0 saturated heterocycles. The van der Waals surface area contributed by atoms with Crippen LogP contribution in [0, 0.1) is 0 Å². The van der Waals surface area contributed by atoms with Gasteiger partial charge in [0.25, 0.3) is 0 Å². The van der Waals surface area contributed by atoms with E-state index in [9.17, 15) is 9.59 Å². The molecule has 5 nitrogen and oxygen atoms in total. The van der Waals surface area contributed by atoms with Crippen molar-refractivity contribution in [2.75, 3.05) is 27.7 Å². The van der Waals surface area contributed by atoms with Gasteiger partial charge in [0.05, 0.1) is 27.6 Å². The molecule has 160 valence electrons. The summed E-state index contributed by atoms with van der Waals surface area (Å²) in [6, 6.07) is 0. The molecule has 1 N–H and O–H groups in total. The monoisotopic (exact) mass is 394 g/mol. The van der Waals surface area contributed by atoms with E-state index in [2.05, 4.69) is 31.2 Å². The second kappa shape index (κ2) is 16.1. The Bertz CT molecular complexity index is 515. The van der Waals surface area contributed by atoms with Gasteiger partial charge in [-0.2, -0.15) is 0 Å². The van der Waals surface area contributed by atoms with Crippen LogP contribution in [0.4, 0.5) is 0 Å². The molecule has 0 aliphatic rings. The Balaban J connectivity index is 3.96. The molecular formula is C23H40NO4+. The van der Waals surface area contributed by atoms with Crippen molar-refractivity contribution in [1.82, 2.24) is 0 Å². The van der Waals surface area contributed by atoms with Gasteiger partial charge < -0.3 is 14.3 Å². The van der Waals surface area contributed by atoms with Crippen LogP contribution in [0.3, 0.4) is 0 Å². The predicted octanol–water partition coefficient (Wildman–Crippen LogP) is 4.89. The number of ether oxygens (including phenoxy) is 1. The van der Waals surface area contributed by atoms with Crippen molar-refractivity contribution in [2.24, 2.45) is 0 Å². The molecule has 0 amide bonds. The maximum atomic E-state index is 11.9. The number of hydrogen-bond donors (Lipinski definition) is 1. The number of quaternary nitrogens is 1. The lowest BCUT2D eigenvalue weighted by atomic mass is 10.2. The van der Waals surface area contributed by atoms with E-state index >= 15 is 0 Å². The van der Waals surface area contributed by atoms with Gasteiger partial charge in [0, 0.05) is 6.42 Å². The van der Waals surface area contributed by atoms with Gasteiger partial charge in [0.2, 0.25) is 0 Å². The minimum atomic E-state index is -0.950. The van der Waals surface area contributed by atoms with Crippen LogP contribution in [0.1, 0.15) is 64.7 Å². The van der Waals surface area contributed by atoms with Gasteiger partial charge in [0.15, 0.2) is 6.10 Å². The SMILES string of the molecule is CCCCC/C=C\C/C=C\C/C=C\CCC(=O)O[C@H](CC(=O)O)C[N+](C)(C)C. The summed E-state index contributed by atoms with van der Waals surface area (Å²) in [6.45, 7) is 2.69. The lowest BCUT2D eigenvalue weighted by Gasteiger charge is -2.28. The fraction of sp³-hybridized carbons (Fsp3) is 0.652. The van der Waals surface area contributed by atoms with Crippen molar-refractivity contribution in [1.29, 1.82) is 0 Å². The summed E-state index contributed by atoms with van der Waals surface area (Å²) in [5.74, 6) is -1.29. The molecule has 0 rings (SSSR count). The van der Waals surface area contributed by atoms with E-state index in [0.717, 1.165) is 12.8 Å². The van der Waals surface area contributed by atoms with Crippen molar-refractivity contribution in [3.8, 4) is 0 Å². The average molecular weight is 395 g/mol. The maximum Gasteiger partial charge on any atom is 0.307 e. The Hall–Kier alpha value is -1.88. The fourth-order valence-electron chi connectivity index (χ4n) is 2.69. The molecular weight excluding hydrogens is 354 g/mol. The van der Waals surface area contributed by atoms with Gasteiger partial charge in [-0.3, -0.25) is 9.59 Å². The molecule has 0 unspecified atom stereocenters. The number of carboxylic acids is 1. The molecule has 0 fully saturated rings. The largest absolute Gasteiger partial charge is 0.481 e. The average Bonchev–Trinajstić information content (AvgIpc) is 2.56. The molecule has 0 aromatic heterocycles. The zero-order valence-electron chi connectivity index (χ0n) is 18.2. The van der Waals surface area contributed by atoms with E-state index in [0.29, 0.717) is 17.4 Å². The van der Waals surface area contributed by atoms with Crippen molar-refractivity contribution >= 4 is 11.9 Å². The van der Waals surface area contributed by atoms with Crippen molar-refractivity contribution in [2.45, 2.75) is 70.8 Å². The molecule has 28 heavy (non-hydrogen) atoms. The van der Waals surface area contributed by atoms with Crippen LogP contribution in [0.5, 0.6) is 0 Å². The molecule has 0 aromatic carbocycles. The molecule has 0 radical (unpaired) electrons. The summed E-state index contributed by atoms with van der Waals surface area (Å²) < 4.78 is 5.90. The number of esters is 1. The number of nitrogens with zero attached hydrogens (tertiary/aromatic N) is 1. The van der Waals surface area contributed by atoms with Gasteiger partial charge in [-0.25, -0.2) is 0 Å². The Kier molecular flexibility index (Phi) is 15.0. The van der Waals surface area contributed by atoms with Crippen LogP contribution in [0.25, 0.3) is 0 Å².